The van der Waals surface area contributed by atoms with E-state index in [4.69, 9.17) is 4.74 Å². The van der Waals surface area contributed by atoms with Crippen molar-refractivity contribution in [2.75, 3.05) is 6.61 Å². The molecule has 0 unspecified atom stereocenters. The first-order valence-corrected chi connectivity index (χ1v) is 8.24. The fraction of sp³-hybridized carbons (Fsp3) is 0.188. The Kier molecular flexibility index (Phi) is 5.75. The molecule has 0 aliphatic heterocycles. The summed E-state index contributed by atoms with van der Waals surface area (Å²) >= 11 is 4.27. The van der Waals surface area contributed by atoms with E-state index in [1.54, 1.807) is 31.2 Å². The SMILES string of the molecule is CCOC(=O)c1ccc(Sc2ccc(Br)cc2)c(C(F)(F)F)c1. The Morgan fingerprint density at radius 3 is 2.39 bits per heavy atom. The predicted molar refractivity (Wildman–Crippen MR) is 85.7 cm³/mol. The molecule has 2 aromatic carbocycles. The summed E-state index contributed by atoms with van der Waals surface area (Å²) in [6.07, 6.45) is -4.56. The molecule has 0 N–H and O–H groups in total. The van der Waals surface area contributed by atoms with Crippen LogP contribution in [0.15, 0.2) is 56.7 Å². The molecule has 0 heterocycles. The van der Waals surface area contributed by atoms with Crippen molar-refractivity contribution in [1.29, 1.82) is 0 Å². The Balaban J connectivity index is 2.38. The van der Waals surface area contributed by atoms with Gasteiger partial charge in [-0.1, -0.05) is 27.7 Å². The number of benzene rings is 2. The van der Waals surface area contributed by atoms with Gasteiger partial charge in [0.25, 0.3) is 0 Å². The summed E-state index contributed by atoms with van der Waals surface area (Å²) in [4.78, 5) is 12.3. The van der Waals surface area contributed by atoms with Gasteiger partial charge in [0.15, 0.2) is 0 Å². The second-order valence-electron chi connectivity index (χ2n) is 4.49. The Morgan fingerprint density at radius 1 is 1.17 bits per heavy atom. The summed E-state index contributed by atoms with van der Waals surface area (Å²) in [7, 11) is 0. The Labute approximate surface area is 144 Å². The summed E-state index contributed by atoms with van der Waals surface area (Å²) < 4.78 is 45.4. The third-order valence-electron chi connectivity index (χ3n) is 2.84. The molecule has 0 amide bonds. The van der Waals surface area contributed by atoms with E-state index in [1.165, 1.54) is 12.1 Å². The Hall–Kier alpha value is -1.47. The number of ether oxygens (including phenoxy) is 1. The molecule has 2 aromatic rings. The largest absolute Gasteiger partial charge is 0.462 e. The minimum atomic E-state index is -4.56. The molecular weight excluding hydrogens is 393 g/mol. The van der Waals surface area contributed by atoms with Gasteiger partial charge in [-0.25, -0.2) is 4.79 Å². The van der Waals surface area contributed by atoms with E-state index in [0.717, 1.165) is 22.3 Å². The monoisotopic (exact) mass is 404 g/mol. The van der Waals surface area contributed by atoms with Crippen molar-refractivity contribution in [2.24, 2.45) is 0 Å². The zero-order valence-corrected chi connectivity index (χ0v) is 14.4. The number of alkyl halides is 3. The zero-order chi connectivity index (χ0) is 17.0. The maximum atomic E-state index is 13.3. The van der Waals surface area contributed by atoms with Crippen LogP contribution in [0.1, 0.15) is 22.8 Å². The number of carbonyl (C=O) groups excluding carboxylic acids is 1. The lowest BCUT2D eigenvalue weighted by Gasteiger charge is -2.14. The van der Waals surface area contributed by atoms with Crippen LogP contribution in [-0.4, -0.2) is 12.6 Å². The molecule has 0 radical (unpaired) electrons. The maximum Gasteiger partial charge on any atom is 0.417 e. The van der Waals surface area contributed by atoms with Gasteiger partial charge in [-0.15, -0.1) is 0 Å². The van der Waals surface area contributed by atoms with Crippen LogP contribution in [-0.2, 0) is 10.9 Å². The molecule has 23 heavy (non-hydrogen) atoms. The van der Waals surface area contributed by atoms with E-state index >= 15 is 0 Å². The average molecular weight is 405 g/mol. The number of hydrogen-bond acceptors (Lipinski definition) is 3. The quantitative estimate of drug-likeness (QED) is 0.602. The smallest absolute Gasteiger partial charge is 0.417 e. The van der Waals surface area contributed by atoms with Crippen LogP contribution in [0.5, 0.6) is 0 Å². The highest BCUT2D eigenvalue weighted by Gasteiger charge is 2.34. The van der Waals surface area contributed by atoms with Crippen LogP contribution < -0.4 is 0 Å². The van der Waals surface area contributed by atoms with Crippen molar-refractivity contribution in [3.05, 3.63) is 58.1 Å². The minimum absolute atomic E-state index is 0.0351. The molecule has 0 aromatic heterocycles. The first kappa shape index (κ1) is 17.9. The molecule has 0 spiro atoms. The first-order chi connectivity index (χ1) is 10.8. The predicted octanol–water partition coefficient (Wildman–Crippen LogP) is 5.80. The first-order valence-electron chi connectivity index (χ1n) is 6.63. The summed E-state index contributed by atoms with van der Waals surface area (Å²) in [5, 5.41) is 0. The van der Waals surface area contributed by atoms with E-state index in [9.17, 15) is 18.0 Å². The summed E-state index contributed by atoms with van der Waals surface area (Å²) in [6, 6.07) is 10.4. The van der Waals surface area contributed by atoms with Crippen molar-refractivity contribution in [2.45, 2.75) is 22.9 Å². The second-order valence-corrected chi connectivity index (χ2v) is 6.52. The van der Waals surface area contributed by atoms with E-state index in [1.807, 2.05) is 0 Å². The fourth-order valence-electron chi connectivity index (χ4n) is 1.81. The molecule has 0 aliphatic rings. The van der Waals surface area contributed by atoms with E-state index < -0.39 is 17.7 Å². The molecule has 2 rings (SSSR count). The molecule has 0 fully saturated rings. The van der Waals surface area contributed by atoms with Crippen LogP contribution in [0.25, 0.3) is 0 Å². The lowest BCUT2D eigenvalue weighted by molar-refractivity contribution is -0.139. The highest BCUT2D eigenvalue weighted by Crippen LogP contribution is 2.40. The summed E-state index contributed by atoms with van der Waals surface area (Å²) in [6.45, 7) is 1.70. The molecule has 0 saturated heterocycles. The van der Waals surface area contributed by atoms with Crippen molar-refractivity contribution in [3.8, 4) is 0 Å². The van der Waals surface area contributed by atoms with Crippen molar-refractivity contribution in [3.63, 3.8) is 0 Å². The van der Waals surface area contributed by atoms with Crippen LogP contribution in [0.4, 0.5) is 13.2 Å². The second kappa shape index (κ2) is 7.40. The normalized spacial score (nSPS) is 11.3. The third kappa shape index (κ3) is 4.75. The van der Waals surface area contributed by atoms with Crippen LogP contribution in [0.3, 0.4) is 0 Å². The number of halogens is 4. The molecule has 0 saturated carbocycles. The van der Waals surface area contributed by atoms with Gasteiger partial charge in [-0.3, -0.25) is 0 Å². The lowest BCUT2D eigenvalue weighted by atomic mass is 10.1. The summed E-state index contributed by atoms with van der Waals surface area (Å²) in [5.74, 6) is -0.766. The Bertz CT molecular complexity index is 699. The molecule has 0 bridgehead atoms. The third-order valence-corrected chi connectivity index (χ3v) is 4.45. The molecule has 2 nitrogen and oxygen atoms in total. The Morgan fingerprint density at radius 2 is 1.83 bits per heavy atom. The standard InChI is InChI=1S/C16H12BrF3O2S/c1-2-22-15(21)10-3-8-14(13(9-10)16(18,19)20)23-12-6-4-11(17)5-7-12/h3-9H,2H2,1H3. The van der Waals surface area contributed by atoms with Gasteiger partial charge in [0.1, 0.15) is 0 Å². The van der Waals surface area contributed by atoms with Gasteiger partial charge >= 0.3 is 12.1 Å². The molecule has 7 heteroatoms. The van der Waals surface area contributed by atoms with Crippen molar-refractivity contribution >= 4 is 33.7 Å². The molecule has 122 valence electrons. The molecule has 0 atom stereocenters. The van der Waals surface area contributed by atoms with E-state index in [2.05, 4.69) is 15.9 Å². The number of esters is 1. The maximum absolute atomic E-state index is 13.3. The van der Waals surface area contributed by atoms with E-state index in [0.29, 0.717) is 4.90 Å². The zero-order valence-electron chi connectivity index (χ0n) is 12.0. The van der Waals surface area contributed by atoms with Gasteiger partial charge in [0.05, 0.1) is 17.7 Å². The highest BCUT2D eigenvalue weighted by atomic mass is 79.9. The number of rotatable bonds is 4. The van der Waals surface area contributed by atoms with Crippen LogP contribution in [0, 0.1) is 0 Å². The van der Waals surface area contributed by atoms with Gasteiger partial charge in [-0.2, -0.15) is 13.2 Å². The number of carbonyl (C=O) groups is 1. The highest BCUT2D eigenvalue weighted by molar-refractivity contribution is 9.10. The fourth-order valence-corrected chi connectivity index (χ4v) is 3.02. The summed E-state index contributed by atoms with van der Waals surface area (Å²) in [5.41, 5.74) is -0.963. The topological polar surface area (TPSA) is 26.3 Å². The number of hydrogen-bond donors (Lipinski definition) is 0. The van der Waals surface area contributed by atoms with Crippen molar-refractivity contribution < 1.29 is 22.7 Å². The van der Waals surface area contributed by atoms with Crippen LogP contribution in [0.2, 0.25) is 0 Å². The van der Waals surface area contributed by atoms with Crippen LogP contribution >= 0.6 is 27.7 Å². The average Bonchev–Trinajstić information content (AvgIpc) is 2.49. The van der Waals surface area contributed by atoms with E-state index in [-0.39, 0.29) is 17.1 Å². The van der Waals surface area contributed by atoms with Gasteiger partial charge < -0.3 is 4.74 Å². The van der Waals surface area contributed by atoms with Gasteiger partial charge in [-0.05, 0) is 49.4 Å². The lowest BCUT2D eigenvalue weighted by Crippen LogP contribution is -2.11. The molecular formula is C16H12BrF3O2S. The molecule has 0 aliphatic carbocycles. The minimum Gasteiger partial charge on any atom is -0.462 e. The van der Waals surface area contributed by atoms with Gasteiger partial charge in [0.2, 0.25) is 0 Å². The van der Waals surface area contributed by atoms with Gasteiger partial charge in [0, 0.05) is 14.3 Å². The van der Waals surface area contributed by atoms with Crippen molar-refractivity contribution in [1.82, 2.24) is 0 Å².